The van der Waals surface area contributed by atoms with Gasteiger partial charge in [0.25, 0.3) is 0 Å². The van der Waals surface area contributed by atoms with E-state index in [9.17, 15) is 9.59 Å². The molecular weight excluding hydrogens is 366 g/mol. The standard InChI is InChI=1S/C19H23N3O4S/c1-3-26-19(24)18-21-14(12-27-18)11-22-10-4-5-16(22)17(23)20-13-6-8-15(25-2)9-7-13/h6-9,12,16H,3-5,10-11H2,1-2H3,(H,20,23). The fourth-order valence-corrected chi connectivity index (χ4v) is 3.79. The van der Waals surface area contributed by atoms with E-state index in [1.807, 2.05) is 29.6 Å². The molecule has 2 aromatic rings. The number of ether oxygens (including phenoxy) is 2. The Morgan fingerprint density at radius 1 is 1.33 bits per heavy atom. The van der Waals surface area contributed by atoms with E-state index >= 15 is 0 Å². The number of hydrogen-bond acceptors (Lipinski definition) is 7. The minimum atomic E-state index is -0.399. The number of hydrogen-bond donors (Lipinski definition) is 1. The van der Waals surface area contributed by atoms with Crippen LogP contribution >= 0.6 is 11.3 Å². The van der Waals surface area contributed by atoms with Crippen LogP contribution in [0.25, 0.3) is 0 Å². The van der Waals surface area contributed by atoms with Gasteiger partial charge in [-0.3, -0.25) is 9.69 Å². The highest BCUT2D eigenvalue weighted by atomic mass is 32.1. The number of esters is 1. The number of carbonyl (C=O) groups is 2. The van der Waals surface area contributed by atoms with Crippen LogP contribution in [0.15, 0.2) is 29.6 Å². The van der Waals surface area contributed by atoms with Gasteiger partial charge in [0.2, 0.25) is 10.9 Å². The zero-order chi connectivity index (χ0) is 19.2. The van der Waals surface area contributed by atoms with Crippen LogP contribution in [0.2, 0.25) is 0 Å². The SMILES string of the molecule is CCOC(=O)c1nc(CN2CCCC2C(=O)Nc2ccc(OC)cc2)cs1. The average Bonchev–Trinajstić information content (AvgIpc) is 3.32. The topological polar surface area (TPSA) is 80.8 Å². The number of benzene rings is 1. The molecule has 0 bridgehead atoms. The summed E-state index contributed by atoms with van der Waals surface area (Å²) in [6.07, 6.45) is 1.76. The summed E-state index contributed by atoms with van der Waals surface area (Å²) in [6.45, 7) is 3.46. The van der Waals surface area contributed by atoms with Crippen molar-refractivity contribution in [3.05, 3.63) is 40.3 Å². The number of aromatic nitrogens is 1. The van der Waals surface area contributed by atoms with Gasteiger partial charge < -0.3 is 14.8 Å². The van der Waals surface area contributed by atoms with Gasteiger partial charge in [-0.15, -0.1) is 11.3 Å². The third-order valence-electron chi connectivity index (χ3n) is 4.39. The van der Waals surface area contributed by atoms with E-state index in [0.717, 1.165) is 36.5 Å². The maximum atomic E-state index is 12.7. The van der Waals surface area contributed by atoms with Gasteiger partial charge in [-0.05, 0) is 50.6 Å². The lowest BCUT2D eigenvalue weighted by molar-refractivity contribution is -0.120. The summed E-state index contributed by atoms with van der Waals surface area (Å²) >= 11 is 1.27. The minimum absolute atomic E-state index is 0.0292. The van der Waals surface area contributed by atoms with E-state index in [-0.39, 0.29) is 11.9 Å². The number of methoxy groups -OCH3 is 1. The van der Waals surface area contributed by atoms with Gasteiger partial charge in [0.05, 0.1) is 25.5 Å². The summed E-state index contributed by atoms with van der Waals surface area (Å²) in [4.78, 5) is 30.9. The number of amides is 1. The summed E-state index contributed by atoms with van der Waals surface area (Å²) < 4.78 is 10.1. The Morgan fingerprint density at radius 2 is 2.11 bits per heavy atom. The summed E-state index contributed by atoms with van der Waals surface area (Å²) in [5, 5.41) is 5.17. The van der Waals surface area contributed by atoms with Crippen LogP contribution in [0.3, 0.4) is 0 Å². The van der Waals surface area contributed by atoms with Crippen LogP contribution in [0.1, 0.15) is 35.3 Å². The zero-order valence-electron chi connectivity index (χ0n) is 15.4. The molecule has 1 saturated heterocycles. The van der Waals surface area contributed by atoms with Crippen molar-refractivity contribution in [1.82, 2.24) is 9.88 Å². The average molecular weight is 389 g/mol. The Balaban J connectivity index is 1.61. The van der Waals surface area contributed by atoms with Crippen molar-refractivity contribution >= 4 is 28.9 Å². The van der Waals surface area contributed by atoms with Crippen LogP contribution in [-0.2, 0) is 16.1 Å². The summed E-state index contributed by atoms with van der Waals surface area (Å²) in [7, 11) is 1.61. The van der Waals surface area contributed by atoms with Crippen LogP contribution in [0.4, 0.5) is 5.69 Å². The molecule has 1 fully saturated rings. The van der Waals surface area contributed by atoms with Crippen molar-refractivity contribution in [2.45, 2.75) is 32.4 Å². The number of anilines is 1. The highest BCUT2D eigenvalue weighted by Gasteiger charge is 2.31. The molecule has 3 rings (SSSR count). The molecule has 144 valence electrons. The first-order valence-corrected chi connectivity index (χ1v) is 9.79. The predicted molar refractivity (Wildman–Crippen MR) is 103 cm³/mol. The van der Waals surface area contributed by atoms with Gasteiger partial charge in [-0.2, -0.15) is 0 Å². The second-order valence-electron chi connectivity index (χ2n) is 6.21. The molecule has 1 aliphatic rings. The Bertz CT molecular complexity index is 791. The number of nitrogens with zero attached hydrogens (tertiary/aromatic N) is 2. The Kier molecular flexibility index (Phi) is 6.41. The molecule has 1 amide bonds. The minimum Gasteiger partial charge on any atom is -0.497 e. The van der Waals surface area contributed by atoms with Gasteiger partial charge in [0.15, 0.2) is 0 Å². The van der Waals surface area contributed by atoms with E-state index in [0.29, 0.717) is 18.2 Å². The predicted octanol–water partition coefficient (Wildman–Crippen LogP) is 2.93. The molecule has 27 heavy (non-hydrogen) atoms. The quantitative estimate of drug-likeness (QED) is 0.734. The smallest absolute Gasteiger partial charge is 0.367 e. The van der Waals surface area contributed by atoms with E-state index < -0.39 is 5.97 Å². The maximum absolute atomic E-state index is 12.7. The Hall–Kier alpha value is -2.45. The van der Waals surface area contributed by atoms with Gasteiger partial charge in [0, 0.05) is 17.6 Å². The van der Waals surface area contributed by atoms with Crippen LogP contribution in [-0.4, -0.2) is 48.1 Å². The van der Waals surface area contributed by atoms with E-state index in [4.69, 9.17) is 9.47 Å². The molecule has 0 saturated carbocycles. The van der Waals surface area contributed by atoms with Crippen molar-refractivity contribution in [2.75, 3.05) is 25.6 Å². The molecule has 0 radical (unpaired) electrons. The summed E-state index contributed by atoms with van der Waals surface area (Å²) in [6, 6.07) is 7.06. The molecule has 1 unspecified atom stereocenters. The fraction of sp³-hybridized carbons (Fsp3) is 0.421. The van der Waals surface area contributed by atoms with E-state index in [2.05, 4.69) is 15.2 Å². The highest BCUT2D eigenvalue weighted by molar-refractivity contribution is 7.11. The first-order valence-electron chi connectivity index (χ1n) is 8.91. The molecule has 1 N–H and O–H groups in total. The van der Waals surface area contributed by atoms with Crippen LogP contribution in [0, 0.1) is 0 Å². The number of nitrogens with one attached hydrogen (secondary N) is 1. The normalized spacial score (nSPS) is 16.9. The molecule has 1 aliphatic heterocycles. The van der Waals surface area contributed by atoms with Gasteiger partial charge in [0.1, 0.15) is 5.75 Å². The Morgan fingerprint density at radius 3 is 2.81 bits per heavy atom. The van der Waals surface area contributed by atoms with Crippen LogP contribution < -0.4 is 10.1 Å². The van der Waals surface area contributed by atoms with Crippen molar-refractivity contribution in [3.63, 3.8) is 0 Å². The third kappa shape index (κ3) is 4.84. The molecule has 1 aromatic carbocycles. The lowest BCUT2D eigenvalue weighted by Crippen LogP contribution is -2.39. The first-order chi connectivity index (χ1) is 13.1. The fourth-order valence-electron chi connectivity index (χ4n) is 3.09. The van der Waals surface area contributed by atoms with Crippen molar-refractivity contribution in [2.24, 2.45) is 0 Å². The second kappa shape index (κ2) is 8.96. The molecule has 0 aliphatic carbocycles. The van der Waals surface area contributed by atoms with Crippen molar-refractivity contribution in [1.29, 1.82) is 0 Å². The third-order valence-corrected chi connectivity index (χ3v) is 5.26. The maximum Gasteiger partial charge on any atom is 0.367 e. The number of carbonyl (C=O) groups excluding carboxylic acids is 2. The highest BCUT2D eigenvalue weighted by Crippen LogP contribution is 2.23. The molecular formula is C19H23N3O4S. The molecule has 1 aromatic heterocycles. The van der Waals surface area contributed by atoms with Gasteiger partial charge >= 0.3 is 5.97 Å². The number of rotatable bonds is 7. The van der Waals surface area contributed by atoms with Crippen molar-refractivity contribution in [3.8, 4) is 5.75 Å². The lowest BCUT2D eigenvalue weighted by atomic mass is 10.2. The number of thiazole rings is 1. The number of likely N-dealkylation sites (tertiary alicyclic amines) is 1. The van der Waals surface area contributed by atoms with E-state index in [1.54, 1.807) is 14.0 Å². The molecule has 2 heterocycles. The summed E-state index contributed by atoms with van der Waals surface area (Å²) in [5.41, 5.74) is 1.53. The second-order valence-corrected chi connectivity index (χ2v) is 7.07. The first kappa shape index (κ1) is 19.3. The molecule has 7 nitrogen and oxygen atoms in total. The largest absolute Gasteiger partial charge is 0.497 e. The molecule has 8 heteroatoms. The van der Waals surface area contributed by atoms with Crippen LogP contribution in [0.5, 0.6) is 5.75 Å². The monoisotopic (exact) mass is 389 g/mol. The van der Waals surface area contributed by atoms with E-state index in [1.165, 1.54) is 11.3 Å². The van der Waals surface area contributed by atoms with Gasteiger partial charge in [-0.25, -0.2) is 9.78 Å². The molecule has 1 atom stereocenters. The van der Waals surface area contributed by atoms with Crippen molar-refractivity contribution < 1.29 is 19.1 Å². The zero-order valence-corrected chi connectivity index (χ0v) is 16.3. The Labute approximate surface area is 162 Å². The molecule has 0 spiro atoms. The van der Waals surface area contributed by atoms with Gasteiger partial charge in [-0.1, -0.05) is 0 Å². The summed E-state index contributed by atoms with van der Waals surface area (Å²) in [5.74, 6) is 0.318. The lowest BCUT2D eigenvalue weighted by Gasteiger charge is -2.22.